The third-order valence-corrected chi connectivity index (χ3v) is 5.59. The molecule has 23 heavy (non-hydrogen) atoms. The number of hydrogen-bond donors (Lipinski definition) is 3. The van der Waals surface area contributed by atoms with Gasteiger partial charge >= 0.3 is 0 Å². The Hall–Kier alpha value is -1.45. The average molecular weight is 343 g/mol. The van der Waals surface area contributed by atoms with Crippen LogP contribution in [0.15, 0.2) is 17.3 Å². The Balaban J connectivity index is 1.86. The maximum absolute atomic E-state index is 12.0. The summed E-state index contributed by atoms with van der Waals surface area (Å²) in [6.07, 6.45) is 8.28. The van der Waals surface area contributed by atoms with Crippen molar-refractivity contribution in [2.45, 2.75) is 43.0 Å². The summed E-state index contributed by atoms with van der Waals surface area (Å²) in [5, 5.41) is 6.67. The smallest absolute Gasteiger partial charge is 0.244 e. The van der Waals surface area contributed by atoms with Crippen LogP contribution < -0.4 is 15.8 Å². The molecule has 1 heterocycles. The molecule has 0 aliphatic heterocycles. The van der Waals surface area contributed by atoms with E-state index < -0.39 is 10.0 Å². The maximum atomic E-state index is 12.0. The van der Waals surface area contributed by atoms with Crippen molar-refractivity contribution < 1.29 is 13.2 Å². The SMILES string of the molecule is Cn1cc(S(=O)(=O)NCC(=O)NC(CN)C2CCCCC2)cn1. The van der Waals surface area contributed by atoms with Gasteiger partial charge in [0.05, 0.1) is 12.7 Å². The van der Waals surface area contributed by atoms with Crippen LogP contribution in [0.4, 0.5) is 0 Å². The van der Waals surface area contributed by atoms with Gasteiger partial charge in [-0.3, -0.25) is 9.48 Å². The lowest BCUT2D eigenvalue weighted by Crippen LogP contribution is -2.49. The van der Waals surface area contributed by atoms with E-state index in [-0.39, 0.29) is 23.4 Å². The van der Waals surface area contributed by atoms with E-state index in [1.54, 1.807) is 7.05 Å². The molecule has 1 fully saturated rings. The zero-order valence-corrected chi connectivity index (χ0v) is 14.2. The number of nitrogens with one attached hydrogen (secondary N) is 2. The quantitative estimate of drug-likeness (QED) is 0.629. The van der Waals surface area contributed by atoms with Crippen LogP contribution in [0, 0.1) is 5.92 Å². The number of aryl methyl sites for hydroxylation is 1. The minimum Gasteiger partial charge on any atom is -0.351 e. The third kappa shape index (κ3) is 5.02. The van der Waals surface area contributed by atoms with Gasteiger partial charge in [0.1, 0.15) is 4.90 Å². The number of nitrogens with two attached hydrogens (primary N) is 1. The van der Waals surface area contributed by atoms with Gasteiger partial charge in [0.2, 0.25) is 15.9 Å². The molecule has 1 aromatic rings. The number of carbonyl (C=O) groups excluding carboxylic acids is 1. The van der Waals surface area contributed by atoms with Crippen molar-refractivity contribution in [3.8, 4) is 0 Å². The Kier molecular flexibility index (Phi) is 6.14. The van der Waals surface area contributed by atoms with Crippen LogP contribution in [0.1, 0.15) is 32.1 Å². The second-order valence-corrected chi connectivity index (χ2v) is 7.75. The fraction of sp³-hybridized carbons (Fsp3) is 0.714. The number of aromatic nitrogens is 2. The first kappa shape index (κ1) is 17.9. The summed E-state index contributed by atoms with van der Waals surface area (Å²) in [4.78, 5) is 12.1. The van der Waals surface area contributed by atoms with Crippen LogP contribution in [-0.2, 0) is 21.9 Å². The average Bonchev–Trinajstić information content (AvgIpc) is 2.99. The zero-order chi connectivity index (χ0) is 16.9. The van der Waals surface area contributed by atoms with Crippen molar-refractivity contribution in [1.82, 2.24) is 19.8 Å². The van der Waals surface area contributed by atoms with Crippen molar-refractivity contribution in [3.63, 3.8) is 0 Å². The van der Waals surface area contributed by atoms with E-state index in [0.717, 1.165) is 25.7 Å². The van der Waals surface area contributed by atoms with Gasteiger partial charge in [-0.2, -0.15) is 5.10 Å². The minimum atomic E-state index is -3.73. The highest BCUT2D eigenvalue weighted by Crippen LogP contribution is 2.26. The summed E-state index contributed by atoms with van der Waals surface area (Å²) >= 11 is 0. The molecule has 0 bridgehead atoms. The monoisotopic (exact) mass is 343 g/mol. The van der Waals surface area contributed by atoms with Crippen LogP contribution in [0.3, 0.4) is 0 Å². The lowest BCUT2D eigenvalue weighted by atomic mass is 9.84. The Morgan fingerprint density at radius 2 is 2.13 bits per heavy atom. The van der Waals surface area contributed by atoms with E-state index in [2.05, 4.69) is 15.1 Å². The van der Waals surface area contributed by atoms with E-state index >= 15 is 0 Å². The lowest BCUT2D eigenvalue weighted by Gasteiger charge is -2.30. The first-order valence-electron chi connectivity index (χ1n) is 7.90. The molecule has 0 aromatic carbocycles. The van der Waals surface area contributed by atoms with E-state index in [0.29, 0.717) is 12.5 Å². The van der Waals surface area contributed by atoms with Crippen molar-refractivity contribution in [2.24, 2.45) is 18.7 Å². The summed E-state index contributed by atoms with van der Waals surface area (Å²) in [5.74, 6) is 0.0196. The molecule has 0 spiro atoms. The normalized spacial score (nSPS) is 17.8. The standard InChI is InChI=1S/C14H25N5O3S/c1-19-10-12(8-16-19)23(21,22)17-9-14(20)18-13(7-15)11-5-3-2-4-6-11/h8,10-11,13,17H,2-7,9,15H2,1H3,(H,18,20). The summed E-state index contributed by atoms with van der Waals surface area (Å²) in [7, 11) is -2.10. The van der Waals surface area contributed by atoms with Crippen molar-refractivity contribution >= 4 is 15.9 Å². The Bertz CT molecular complexity index is 622. The van der Waals surface area contributed by atoms with Gasteiger partial charge in [-0.1, -0.05) is 19.3 Å². The highest BCUT2D eigenvalue weighted by molar-refractivity contribution is 7.89. The molecule has 4 N–H and O–H groups in total. The Morgan fingerprint density at radius 3 is 2.70 bits per heavy atom. The van der Waals surface area contributed by atoms with Gasteiger partial charge < -0.3 is 11.1 Å². The highest BCUT2D eigenvalue weighted by Gasteiger charge is 2.24. The van der Waals surface area contributed by atoms with Crippen LogP contribution >= 0.6 is 0 Å². The van der Waals surface area contributed by atoms with Crippen molar-refractivity contribution in [1.29, 1.82) is 0 Å². The van der Waals surface area contributed by atoms with Gasteiger partial charge in [0.25, 0.3) is 0 Å². The molecule has 1 unspecified atom stereocenters. The summed E-state index contributed by atoms with van der Waals surface area (Å²) < 4.78 is 27.8. The second kappa shape index (κ2) is 7.89. The first-order valence-corrected chi connectivity index (χ1v) is 9.38. The summed E-state index contributed by atoms with van der Waals surface area (Å²) in [6, 6.07) is -0.0919. The van der Waals surface area contributed by atoms with Gasteiger partial charge in [0.15, 0.2) is 0 Å². The molecule has 1 aliphatic carbocycles. The highest BCUT2D eigenvalue weighted by atomic mass is 32.2. The van der Waals surface area contributed by atoms with E-state index in [9.17, 15) is 13.2 Å². The van der Waals surface area contributed by atoms with Gasteiger partial charge in [0, 0.05) is 25.8 Å². The summed E-state index contributed by atoms with van der Waals surface area (Å²) in [5.41, 5.74) is 5.76. The molecule has 0 radical (unpaired) electrons. The number of carbonyl (C=O) groups is 1. The van der Waals surface area contributed by atoms with Gasteiger partial charge in [-0.15, -0.1) is 0 Å². The number of nitrogens with zero attached hydrogens (tertiary/aromatic N) is 2. The van der Waals surface area contributed by atoms with E-state index in [1.807, 2.05) is 0 Å². The number of hydrogen-bond acceptors (Lipinski definition) is 5. The van der Waals surface area contributed by atoms with E-state index in [4.69, 9.17) is 5.73 Å². The van der Waals surface area contributed by atoms with Crippen LogP contribution in [0.5, 0.6) is 0 Å². The Morgan fingerprint density at radius 1 is 1.43 bits per heavy atom. The molecule has 2 rings (SSSR count). The minimum absolute atomic E-state index is 0.0375. The molecule has 1 aliphatic rings. The third-order valence-electron chi connectivity index (χ3n) is 4.23. The van der Waals surface area contributed by atoms with Crippen LogP contribution in [0.25, 0.3) is 0 Å². The zero-order valence-electron chi connectivity index (χ0n) is 13.4. The van der Waals surface area contributed by atoms with Gasteiger partial charge in [-0.05, 0) is 18.8 Å². The molecule has 8 nitrogen and oxygen atoms in total. The predicted octanol–water partition coefficient (Wildman–Crippen LogP) is -0.278. The molecule has 9 heteroatoms. The second-order valence-electron chi connectivity index (χ2n) is 5.98. The van der Waals surface area contributed by atoms with Gasteiger partial charge in [-0.25, -0.2) is 13.1 Å². The number of amides is 1. The topological polar surface area (TPSA) is 119 Å². The maximum Gasteiger partial charge on any atom is 0.244 e. The molecule has 1 amide bonds. The van der Waals surface area contributed by atoms with Crippen molar-refractivity contribution in [3.05, 3.63) is 12.4 Å². The Labute approximate surface area is 136 Å². The largest absolute Gasteiger partial charge is 0.351 e. The number of rotatable bonds is 7. The van der Waals surface area contributed by atoms with Crippen molar-refractivity contribution in [2.75, 3.05) is 13.1 Å². The molecular formula is C14H25N5O3S. The number of sulfonamides is 1. The predicted molar refractivity (Wildman–Crippen MR) is 86.0 cm³/mol. The molecule has 130 valence electrons. The fourth-order valence-electron chi connectivity index (χ4n) is 2.95. The molecule has 1 aromatic heterocycles. The molecule has 1 atom stereocenters. The summed E-state index contributed by atoms with van der Waals surface area (Å²) in [6.45, 7) is 0.0617. The van der Waals surface area contributed by atoms with E-state index in [1.165, 1.54) is 23.5 Å². The van der Waals surface area contributed by atoms with Crippen LogP contribution in [0.2, 0.25) is 0 Å². The molecular weight excluding hydrogens is 318 g/mol. The molecule has 0 saturated heterocycles. The van der Waals surface area contributed by atoms with Crippen LogP contribution in [-0.4, -0.2) is 43.2 Å². The first-order chi connectivity index (χ1) is 10.9. The molecule has 1 saturated carbocycles. The lowest BCUT2D eigenvalue weighted by molar-refractivity contribution is -0.121. The fourth-order valence-corrected chi connectivity index (χ4v) is 3.91.